The van der Waals surface area contributed by atoms with Crippen molar-refractivity contribution in [2.24, 2.45) is 5.73 Å². The van der Waals surface area contributed by atoms with E-state index < -0.39 is 0 Å². The Morgan fingerprint density at radius 1 is 0.967 bits per heavy atom. The van der Waals surface area contributed by atoms with Crippen LogP contribution in [0.2, 0.25) is 0 Å². The summed E-state index contributed by atoms with van der Waals surface area (Å²) >= 11 is 0. The summed E-state index contributed by atoms with van der Waals surface area (Å²) in [7, 11) is 0. The van der Waals surface area contributed by atoms with E-state index in [1.165, 1.54) is 39.1 Å². The van der Waals surface area contributed by atoms with Crippen LogP contribution in [0.3, 0.4) is 0 Å². The van der Waals surface area contributed by atoms with E-state index in [-0.39, 0.29) is 11.5 Å². The number of rotatable bonds is 5. The van der Waals surface area contributed by atoms with Gasteiger partial charge in [-0.25, -0.2) is 0 Å². The molecule has 3 aromatic rings. The van der Waals surface area contributed by atoms with Crippen LogP contribution in [0.1, 0.15) is 62.4 Å². The SMILES string of the molecule is CCc1cccc(-c2cc3c(cc2C(C)N)N(Cc2ccccc2)CCC3(C)C)c1. The molecule has 2 N–H and O–H groups in total. The molecule has 2 nitrogen and oxygen atoms in total. The van der Waals surface area contributed by atoms with Crippen LogP contribution in [-0.2, 0) is 18.4 Å². The second-order valence-corrected chi connectivity index (χ2v) is 9.34. The summed E-state index contributed by atoms with van der Waals surface area (Å²) < 4.78 is 0. The first kappa shape index (κ1) is 20.7. The third kappa shape index (κ3) is 4.02. The first-order valence-corrected chi connectivity index (χ1v) is 11.2. The number of benzene rings is 3. The zero-order chi connectivity index (χ0) is 21.3. The summed E-state index contributed by atoms with van der Waals surface area (Å²) in [6, 6.07) is 24.5. The summed E-state index contributed by atoms with van der Waals surface area (Å²) in [5.74, 6) is 0. The number of aryl methyl sites for hydroxylation is 1. The van der Waals surface area contributed by atoms with E-state index in [2.05, 4.69) is 99.3 Å². The van der Waals surface area contributed by atoms with Crippen molar-refractivity contribution in [2.45, 2.75) is 58.5 Å². The molecule has 0 saturated heterocycles. The van der Waals surface area contributed by atoms with Gasteiger partial charge in [-0.1, -0.05) is 75.4 Å². The number of hydrogen-bond donors (Lipinski definition) is 1. The van der Waals surface area contributed by atoms with Gasteiger partial charge in [0, 0.05) is 24.8 Å². The Bertz CT molecular complexity index is 1020. The molecule has 1 atom stereocenters. The van der Waals surface area contributed by atoms with Crippen LogP contribution in [0.4, 0.5) is 5.69 Å². The Labute approximate surface area is 181 Å². The summed E-state index contributed by atoms with van der Waals surface area (Å²) in [5, 5.41) is 0. The van der Waals surface area contributed by atoms with Crippen LogP contribution in [0.25, 0.3) is 11.1 Å². The molecule has 156 valence electrons. The zero-order valence-corrected chi connectivity index (χ0v) is 18.8. The molecular weight excluding hydrogens is 364 g/mol. The van der Waals surface area contributed by atoms with Crippen LogP contribution in [-0.4, -0.2) is 6.54 Å². The van der Waals surface area contributed by atoms with Crippen LogP contribution in [0.5, 0.6) is 0 Å². The molecule has 1 unspecified atom stereocenters. The first-order chi connectivity index (χ1) is 14.4. The molecule has 1 heterocycles. The second-order valence-electron chi connectivity index (χ2n) is 9.34. The third-order valence-corrected chi connectivity index (χ3v) is 6.60. The highest BCUT2D eigenvalue weighted by atomic mass is 15.1. The highest BCUT2D eigenvalue weighted by Gasteiger charge is 2.32. The number of nitrogens with two attached hydrogens (primary N) is 1. The van der Waals surface area contributed by atoms with Gasteiger partial charge in [-0.3, -0.25) is 0 Å². The number of hydrogen-bond acceptors (Lipinski definition) is 2. The normalized spacial score (nSPS) is 16.2. The first-order valence-electron chi connectivity index (χ1n) is 11.2. The van der Waals surface area contributed by atoms with Gasteiger partial charge in [0.2, 0.25) is 0 Å². The predicted octanol–water partition coefficient (Wildman–Crippen LogP) is 6.62. The van der Waals surface area contributed by atoms with Crippen LogP contribution >= 0.6 is 0 Å². The molecule has 0 fully saturated rings. The quantitative estimate of drug-likeness (QED) is 0.523. The van der Waals surface area contributed by atoms with E-state index in [0.717, 1.165) is 25.9 Å². The number of nitrogens with zero attached hydrogens (tertiary/aromatic N) is 1. The fourth-order valence-electron chi connectivity index (χ4n) is 4.63. The van der Waals surface area contributed by atoms with Crippen molar-refractivity contribution >= 4 is 5.69 Å². The van der Waals surface area contributed by atoms with Crippen molar-refractivity contribution in [1.29, 1.82) is 0 Å². The van der Waals surface area contributed by atoms with Gasteiger partial charge < -0.3 is 10.6 Å². The van der Waals surface area contributed by atoms with Gasteiger partial charge in [0.25, 0.3) is 0 Å². The smallest absolute Gasteiger partial charge is 0.0429 e. The molecule has 4 rings (SSSR count). The molecular formula is C28H34N2. The summed E-state index contributed by atoms with van der Waals surface area (Å²) in [4.78, 5) is 2.54. The topological polar surface area (TPSA) is 29.3 Å². The lowest BCUT2D eigenvalue weighted by Crippen LogP contribution is -2.37. The van der Waals surface area contributed by atoms with Crippen molar-refractivity contribution in [3.8, 4) is 11.1 Å². The fraction of sp³-hybridized carbons (Fsp3) is 0.357. The van der Waals surface area contributed by atoms with Crippen molar-refractivity contribution in [2.75, 3.05) is 11.4 Å². The Kier molecular flexibility index (Phi) is 5.71. The molecule has 30 heavy (non-hydrogen) atoms. The molecule has 2 heteroatoms. The maximum Gasteiger partial charge on any atom is 0.0429 e. The highest BCUT2D eigenvalue weighted by molar-refractivity contribution is 5.75. The molecule has 1 aliphatic rings. The number of fused-ring (bicyclic) bond motifs is 1. The van der Waals surface area contributed by atoms with E-state index in [9.17, 15) is 0 Å². The van der Waals surface area contributed by atoms with Gasteiger partial charge >= 0.3 is 0 Å². The van der Waals surface area contributed by atoms with Gasteiger partial charge in [0.1, 0.15) is 0 Å². The summed E-state index contributed by atoms with van der Waals surface area (Å²) in [5.41, 5.74) is 15.9. The zero-order valence-electron chi connectivity index (χ0n) is 18.8. The molecule has 0 bridgehead atoms. The molecule has 3 aromatic carbocycles. The van der Waals surface area contributed by atoms with Gasteiger partial charge in [-0.05, 0) is 70.7 Å². The maximum atomic E-state index is 6.50. The van der Waals surface area contributed by atoms with Gasteiger partial charge in [0.15, 0.2) is 0 Å². The third-order valence-electron chi connectivity index (χ3n) is 6.60. The Balaban J connectivity index is 1.85. The molecule has 0 radical (unpaired) electrons. The van der Waals surface area contributed by atoms with Gasteiger partial charge in [-0.15, -0.1) is 0 Å². The van der Waals surface area contributed by atoms with Crippen molar-refractivity contribution in [1.82, 2.24) is 0 Å². The van der Waals surface area contributed by atoms with E-state index in [4.69, 9.17) is 5.73 Å². The lowest BCUT2D eigenvalue weighted by molar-refractivity contribution is 0.452. The molecule has 1 aliphatic heterocycles. The van der Waals surface area contributed by atoms with Crippen molar-refractivity contribution in [3.63, 3.8) is 0 Å². The average Bonchev–Trinajstić information content (AvgIpc) is 2.76. The summed E-state index contributed by atoms with van der Waals surface area (Å²) in [6.45, 7) is 11.1. The van der Waals surface area contributed by atoms with Crippen LogP contribution in [0, 0.1) is 0 Å². The fourth-order valence-corrected chi connectivity index (χ4v) is 4.63. The predicted molar refractivity (Wildman–Crippen MR) is 129 cm³/mol. The Morgan fingerprint density at radius 3 is 2.40 bits per heavy atom. The van der Waals surface area contributed by atoms with Gasteiger partial charge in [0.05, 0.1) is 0 Å². The van der Waals surface area contributed by atoms with Crippen LogP contribution in [0.15, 0.2) is 66.7 Å². The van der Waals surface area contributed by atoms with Gasteiger partial charge in [-0.2, -0.15) is 0 Å². The monoisotopic (exact) mass is 398 g/mol. The Morgan fingerprint density at radius 2 is 1.70 bits per heavy atom. The summed E-state index contributed by atoms with van der Waals surface area (Å²) in [6.07, 6.45) is 2.20. The van der Waals surface area contributed by atoms with E-state index in [1.807, 2.05) is 0 Å². The van der Waals surface area contributed by atoms with Crippen molar-refractivity contribution < 1.29 is 0 Å². The Hall–Kier alpha value is -2.58. The van der Waals surface area contributed by atoms with E-state index in [0.29, 0.717) is 0 Å². The minimum absolute atomic E-state index is 0.0146. The van der Waals surface area contributed by atoms with Crippen LogP contribution < -0.4 is 10.6 Å². The largest absolute Gasteiger partial charge is 0.367 e. The van der Waals surface area contributed by atoms with E-state index in [1.54, 1.807) is 0 Å². The maximum absolute atomic E-state index is 6.50. The lowest BCUT2D eigenvalue weighted by atomic mass is 9.75. The molecule has 0 amide bonds. The molecule has 0 aliphatic carbocycles. The minimum atomic E-state index is -0.0146. The molecule has 0 spiro atoms. The second kappa shape index (κ2) is 8.28. The average molecular weight is 399 g/mol. The molecule has 0 saturated carbocycles. The lowest BCUT2D eigenvalue weighted by Gasteiger charge is -2.41. The highest BCUT2D eigenvalue weighted by Crippen LogP contribution is 2.44. The molecule has 0 aromatic heterocycles. The van der Waals surface area contributed by atoms with Crippen molar-refractivity contribution in [3.05, 3.63) is 89.0 Å². The van der Waals surface area contributed by atoms with E-state index >= 15 is 0 Å². The minimum Gasteiger partial charge on any atom is -0.367 e. The standard InChI is InChI=1S/C28H34N2/c1-5-21-12-9-13-23(16-21)25-17-26-27(18-24(25)20(2)29)30(15-14-28(26,3)4)19-22-10-7-6-8-11-22/h6-13,16-18,20H,5,14-15,19,29H2,1-4H3. The number of anilines is 1.